The van der Waals surface area contributed by atoms with Crippen LogP contribution in [0.5, 0.6) is 11.8 Å². The Labute approximate surface area is 123 Å². The first-order valence-corrected chi connectivity index (χ1v) is 7.73. The summed E-state index contributed by atoms with van der Waals surface area (Å²) in [6.07, 6.45) is 2.52. The first kappa shape index (κ1) is 11.9. The second kappa shape index (κ2) is 3.91. The molecule has 2 aromatic rings. The summed E-state index contributed by atoms with van der Waals surface area (Å²) < 4.78 is 13.9. The van der Waals surface area contributed by atoms with Gasteiger partial charge in [0.2, 0.25) is 0 Å². The third kappa shape index (κ3) is 1.52. The minimum Gasteiger partial charge on any atom is -0.497 e. The number of piperidine rings is 3. The second-order valence-corrected chi connectivity index (χ2v) is 6.55. The molecule has 1 spiro atoms. The van der Waals surface area contributed by atoms with E-state index in [1.807, 2.05) is 12.1 Å². The number of aromatic nitrogens is 2. The third-order valence-corrected chi connectivity index (χ3v) is 5.46. The zero-order valence-electron chi connectivity index (χ0n) is 12.2. The molecule has 5 heterocycles. The topological polar surface area (TPSA) is 39.5 Å². The predicted octanol–water partition coefficient (Wildman–Crippen LogP) is 1.90. The van der Waals surface area contributed by atoms with E-state index >= 15 is 0 Å². The van der Waals surface area contributed by atoms with Crippen molar-refractivity contribution >= 4 is 11.0 Å². The zero-order valence-corrected chi connectivity index (χ0v) is 12.2. The first-order chi connectivity index (χ1) is 10.3. The lowest BCUT2D eigenvalue weighted by Crippen LogP contribution is -2.61. The van der Waals surface area contributed by atoms with Crippen LogP contribution >= 0.6 is 0 Å². The van der Waals surface area contributed by atoms with Crippen LogP contribution in [0.3, 0.4) is 0 Å². The van der Waals surface area contributed by atoms with Crippen molar-refractivity contribution in [3.05, 3.63) is 18.2 Å². The Balaban J connectivity index is 1.56. The normalized spacial score (nSPS) is 33.4. The molecule has 4 aliphatic rings. The highest BCUT2D eigenvalue weighted by molar-refractivity contribution is 5.78. The molecule has 4 aliphatic heterocycles. The fourth-order valence-electron chi connectivity index (χ4n) is 4.35. The van der Waals surface area contributed by atoms with Gasteiger partial charge in [-0.1, -0.05) is 0 Å². The van der Waals surface area contributed by atoms with Crippen molar-refractivity contribution in [2.75, 3.05) is 26.7 Å². The molecule has 5 nitrogen and oxygen atoms in total. The van der Waals surface area contributed by atoms with E-state index < -0.39 is 0 Å². The molecule has 0 unspecified atom stereocenters. The Bertz CT molecular complexity index is 718. The molecule has 5 heteroatoms. The summed E-state index contributed by atoms with van der Waals surface area (Å²) in [5.74, 6) is 1.52. The molecule has 21 heavy (non-hydrogen) atoms. The smallest absolute Gasteiger partial charge is 0.298 e. The summed E-state index contributed by atoms with van der Waals surface area (Å²) >= 11 is 0. The van der Waals surface area contributed by atoms with E-state index in [4.69, 9.17) is 9.47 Å². The van der Waals surface area contributed by atoms with Crippen molar-refractivity contribution in [3.63, 3.8) is 0 Å². The Morgan fingerprint density at radius 3 is 2.86 bits per heavy atom. The average Bonchev–Trinajstić information content (AvgIpc) is 3.01. The molecule has 0 N–H and O–H groups in total. The summed E-state index contributed by atoms with van der Waals surface area (Å²) in [6.45, 7) is 4.46. The van der Waals surface area contributed by atoms with Gasteiger partial charge in [-0.25, -0.2) is 0 Å². The maximum Gasteiger partial charge on any atom is 0.298 e. The summed E-state index contributed by atoms with van der Waals surface area (Å²) in [5, 5.41) is 0. The molecular weight excluding hydrogens is 266 g/mol. The number of ether oxygens (including phenoxy) is 2. The minimum absolute atomic E-state index is 0.0348. The van der Waals surface area contributed by atoms with Gasteiger partial charge in [0, 0.05) is 18.5 Å². The number of nitrogens with zero attached hydrogens (tertiary/aromatic N) is 3. The van der Waals surface area contributed by atoms with Gasteiger partial charge in [0.05, 0.1) is 24.7 Å². The number of hydrogen-bond acceptors (Lipinski definition) is 4. The van der Waals surface area contributed by atoms with Crippen LogP contribution < -0.4 is 9.47 Å². The van der Waals surface area contributed by atoms with Crippen LogP contribution in [0.15, 0.2) is 18.2 Å². The highest BCUT2D eigenvalue weighted by atomic mass is 16.5. The molecular formula is C16H19N3O2. The number of imidazole rings is 1. The van der Waals surface area contributed by atoms with Crippen LogP contribution in [0.25, 0.3) is 11.0 Å². The maximum absolute atomic E-state index is 6.40. The van der Waals surface area contributed by atoms with Crippen LogP contribution in [0.4, 0.5) is 0 Å². The van der Waals surface area contributed by atoms with E-state index in [0.29, 0.717) is 5.92 Å². The molecule has 2 bridgehead atoms. The molecule has 0 radical (unpaired) electrons. The number of hydrogen-bond donors (Lipinski definition) is 0. The third-order valence-electron chi connectivity index (χ3n) is 5.46. The Hall–Kier alpha value is -1.75. The summed E-state index contributed by atoms with van der Waals surface area (Å²) in [5.41, 5.74) is 2.08. The SMILES string of the molecule is COc1ccc2c(c1)nc1n2C[C@@]2(CN3CCC2CC3)O1. The summed E-state index contributed by atoms with van der Waals surface area (Å²) in [6, 6.07) is 6.85. The number of rotatable bonds is 1. The maximum atomic E-state index is 6.40. The van der Waals surface area contributed by atoms with Crippen molar-refractivity contribution in [2.45, 2.75) is 25.0 Å². The number of methoxy groups -OCH3 is 1. The van der Waals surface area contributed by atoms with Crippen molar-refractivity contribution in [3.8, 4) is 11.8 Å². The van der Waals surface area contributed by atoms with E-state index in [-0.39, 0.29) is 5.60 Å². The molecule has 1 aromatic heterocycles. The van der Waals surface area contributed by atoms with Crippen molar-refractivity contribution in [2.24, 2.45) is 5.92 Å². The van der Waals surface area contributed by atoms with Gasteiger partial charge in [-0.15, -0.1) is 0 Å². The van der Waals surface area contributed by atoms with Crippen LogP contribution in [0.1, 0.15) is 12.8 Å². The van der Waals surface area contributed by atoms with Gasteiger partial charge in [-0.2, -0.15) is 4.98 Å². The van der Waals surface area contributed by atoms with E-state index in [1.165, 1.54) is 25.9 Å². The lowest BCUT2D eigenvalue weighted by atomic mass is 9.75. The van der Waals surface area contributed by atoms with Crippen LogP contribution in [-0.2, 0) is 6.54 Å². The molecule has 0 aliphatic carbocycles. The predicted molar refractivity (Wildman–Crippen MR) is 78.8 cm³/mol. The summed E-state index contributed by atoms with van der Waals surface area (Å²) in [4.78, 5) is 7.22. The quantitative estimate of drug-likeness (QED) is 0.802. The van der Waals surface area contributed by atoms with Gasteiger partial charge >= 0.3 is 0 Å². The van der Waals surface area contributed by atoms with Crippen molar-refractivity contribution in [1.29, 1.82) is 0 Å². The fraction of sp³-hybridized carbons (Fsp3) is 0.562. The molecule has 6 rings (SSSR count). The van der Waals surface area contributed by atoms with E-state index in [1.54, 1.807) is 7.11 Å². The standard InChI is InChI=1S/C16H19N3O2/c1-20-12-2-3-14-13(8-12)17-15-19(14)10-16(21-15)9-18-6-4-11(16)5-7-18/h2-3,8,11H,4-7,9-10H2,1H3/t16-/m1/s1. The highest BCUT2D eigenvalue weighted by Crippen LogP contribution is 2.45. The molecule has 0 saturated carbocycles. The number of fused-ring (bicyclic) bond motifs is 5. The first-order valence-electron chi connectivity index (χ1n) is 7.73. The van der Waals surface area contributed by atoms with Gasteiger partial charge < -0.3 is 9.47 Å². The van der Waals surface area contributed by atoms with E-state index in [0.717, 1.165) is 35.9 Å². The van der Waals surface area contributed by atoms with Crippen LogP contribution in [0.2, 0.25) is 0 Å². The van der Waals surface area contributed by atoms with Crippen molar-refractivity contribution in [1.82, 2.24) is 14.5 Å². The Morgan fingerprint density at radius 2 is 2.14 bits per heavy atom. The van der Waals surface area contributed by atoms with Gasteiger partial charge in [0.15, 0.2) is 0 Å². The van der Waals surface area contributed by atoms with Gasteiger partial charge in [0.25, 0.3) is 6.01 Å². The molecule has 110 valence electrons. The molecule has 1 atom stereocenters. The Kier molecular flexibility index (Phi) is 2.21. The van der Waals surface area contributed by atoms with Crippen LogP contribution in [-0.4, -0.2) is 46.8 Å². The Morgan fingerprint density at radius 1 is 1.29 bits per heavy atom. The summed E-state index contributed by atoms with van der Waals surface area (Å²) in [7, 11) is 1.68. The largest absolute Gasteiger partial charge is 0.497 e. The van der Waals surface area contributed by atoms with Crippen molar-refractivity contribution < 1.29 is 9.47 Å². The van der Waals surface area contributed by atoms with E-state index in [9.17, 15) is 0 Å². The van der Waals surface area contributed by atoms with E-state index in [2.05, 4.69) is 20.5 Å². The second-order valence-electron chi connectivity index (χ2n) is 6.55. The monoisotopic (exact) mass is 285 g/mol. The van der Waals surface area contributed by atoms with Gasteiger partial charge in [0.1, 0.15) is 11.4 Å². The van der Waals surface area contributed by atoms with Gasteiger partial charge in [-0.05, 0) is 38.1 Å². The highest BCUT2D eigenvalue weighted by Gasteiger charge is 2.53. The lowest BCUT2D eigenvalue weighted by molar-refractivity contribution is -0.0831. The number of benzene rings is 1. The van der Waals surface area contributed by atoms with Crippen LogP contribution in [0, 0.1) is 5.92 Å². The average molecular weight is 285 g/mol. The fourth-order valence-corrected chi connectivity index (χ4v) is 4.35. The molecule has 3 fully saturated rings. The molecule has 1 aromatic carbocycles. The lowest BCUT2D eigenvalue weighted by Gasteiger charge is -2.50. The molecule has 3 saturated heterocycles. The minimum atomic E-state index is -0.0348. The van der Waals surface area contributed by atoms with Gasteiger partial charge in [-0.3, -0.25) is 9.47 Å². The zero-order chi connectivity index (χ0) is 14.0. The molecule has 0 amide bonds.